The Kier molecular flexibility index (Phi) is 7.11. The standard InChI is InChI=1S/C23H30N6O2/c1-2-9-25-23(30)16-18-17-29(20-6-4-3-5-19(18)20)22-8-7-21(26-27-22)24-10-11-28-12-14-31-15-13-28/h3-8,17H,2,9-16H2,1H3,(H,24,26)(H,25,30). The van der Waals surface area contributed by atoms with Gasteiger partial charge in [-0.1, -0.05) is 25.1 Å². The highest BCUT2D eigenvalue weighted by Gasteiger charge is 2.14. The molecule has 3 aromatic rings. The number of carbonyl (C=O) groups is 1. The highest BCUT2D eigenvalue weighted by Crippen LogP contribution is 2.24. The van der Waals surface area contributed by atoms with Crippen molar-refractivity contribution < 1.29 is 9.53 Å². The molecule has 8 nitrogen and oxygen atoms in total. The smallest absolute Gasteiger partial charge is 0.224 e. The topological polar surface area (TPSA) is 84.3 Å². The lowest BCUT2D eigenvalue weighted by Gasteiger charge is -2.26. The Bertz CT molecular complexity index is 995. The van der Waals surface area contributed by atoms with E-state index < -0.39 is 0 Å². The molecule has 0 atom stereocenters. The molecule has 0 unspecified atom stereocenters. The maximum atomic E-state index is 12.3. The monoisotopic (exact) mass is 422 g/mol. The van der Waals surface area contributed by atoms with Gasteiger partial charge >= 0.3 is 0 Å². The lowest BCUT2D eigenvalue weighted by atomic mass is 10.1. The molecule has 1 amide bonds. The van der Waals surface area contributed by atoms with Crippen LogP contribution in [0.4, 0.5) is 5.82 Å². The molecule has 0 bridgehead atoms. The summed E-state index contributed by atoms with van der Waals surface area (Å²) in [7, 11) is 0. The van der Waals surface area contributed by atoms with Crippen molar-refractivity contribution in [3.63, 3.8) is 0 Å². The van der Waals surface area contributed by atoms with Crippen molar-refractivity contribution in [2.75, 3.05) is 51.3 Å². The van der Waals surface area contributed by atoms with E-state index in [-0.39, 0.29) is 5.91 Å². The Balaban J connectivity index is 1.44. The molecule has 1 fully saturated rings. The number of nitrogens with one attached hydrogen (secondary N) is 2. The molecule has 1 aromatic carbocycles. The number of ether oxygens (including phenoxy) is 1. The zero-order valence-corrected chi connectivity index (χ0v) is 18.0. The predicted molar refractivity (Wildman–Crippen MR) is 122 cm³/mol. The third kappa shape index (κ3) is 5.39. The summed E-state index contributed by atoms with van der Waals surface area (Å²) in [6.07, 6.45) is 3.27. The average Bonchev–Trinajstić information content (AvgIpc) is 3.17. The number of benzene rings is 1. The van der Waals surface area contributed by atoms with Gasteiger partial charge in [0.2, 0.25) is 5.91 Å². The van der Waals surface area contributed by atoms with Gasteiger partial charge in [-0.2, -0.15) is 0 Å². The van der Waals surface area contributed by atoms with Gasteiger partial charge in [0.25, 0.3) is 0 Å². The van der Waals surface area contributed by atoms with E-state index in [9.17, 15) is 4.79 Å². The van der Waals surface area contributed by atoms with Crippen LogP contribution >= 0.6 is 0 Å². The summed E-state index contributed by atoms with van der Waals surface area (Å²) in [5, 5.41) is 16.1. The van der Waals surface area contributed by atoms with Gasteiger partial charge in [-0.05, 0) is 30.2 Å². The molecule has 3 heterocycles. The normalized spacial score (nSPS) is 14.6. The number of fused-ring (bicyclic) bond motifs is 1. The van der Waals surface area contributed by atoms with E-state index in [0.717, 1.165) is 73.9 Å². The van der Waals surface area contributed by atoms with Crippen molar-refractivity contribution in [1.82, 2.24) is 25.0 Å². The molecule has 31 heavy (non-hydrogen) atoms. The van der Waals surface area contributed by atoms with Gasteiger partial charge in [-0.15, -0.1) is 10.2 Å². The number of para-hydroxylation sites is 1. The molecule has 1 aliphatic heterocycles. The van der Waals surface area contributed by atoms with Crippen molar-refractivity contribution in [1.29, 1.82) is 0 Å². The van der Waals surface area contributed by atoms with Crippen LogP contribution in [0.5, 0.6) is 0 Å². The van der Waals surface area contributed by atoms with Crippen molar-refractivity contribution in [2.24, 2.45) is 0 Å². The van der Waals surface area contributed by atoms with Crippen LogP contribution in [0.2, 0.25) is 0 Å². The Morgan fingerprint density at radius 3 is 2.71 bits per heavy atom. The van der Waals surface area contributed by atoms with E-state index in [1.807, 2.05) is 54.1 Å². The minimum Gasteiger partial charge on any atom is -0.379 e. The first kappa shape index (κ1) is 21.3. The highest BCUT2D eigenvalue weighted by molar-refractivity contribution is 5.90. The SMILES string of the molecule is CCCNC(=O)Cc1cn(-c2ccc(NCCN3CCOCC3)nn2)c2ccccc12. The number of carbonyl (C=O) groups excluding carboxylic acids is 1. The number of hydrogen-bond donors (Lipinski definition) is 2. The molecule has 4 rings (SSSR count). The summed E-state index contributed by atoms with van der Waals surface area (Å²) in [6.45, 7) is 8.09. The fraction of sp³-hybridized carbons (Fsp3) is 0.435. The molecule has 1 saturated heterocycles. The molecular weight excluding hydrogens is 392 g/mol. The zero-order chi connectivity index (χ0) is 21.5. The number of rotatable bonds is 9. The van der Waals surface area contributed by atoms with Crippen LogP contribution in [0.1, 0.15) is 18.9 Å². The summed E-state index contributed by atoms with van der Waals surface area (Å²) in [6, 6.07) is 12.0. The average molecular weight is 423 g/mol. The third-order valence-electron chi connectivity index (χ3n) is 5.45. The van der Waals surface area contributed by atoms with Crippen molar-refractivity contribution in [2.45, 2.75) is 19.8 Å². The maximum absolute atomic E-state index is 12.3. The molecule has 1 aliphatic rings. The Morgan fingerprint density at radius 1 is 1.10 bits per heavy atom. The summed E-state index contributed by atoms with van der Waals surface area (Å²) in [5.74, 6) is 1.53. The van der Waals surface area contributed by atoms with Crippen LogP contribution in [0.15, 0.2) is 42.6 Å². The van der Waals surface area contributed by atoms with Crippen molar-refractivity contribution >= 4 is 22.6 Å². The number of anilines is 1. The fourth-order valence-electron chi connectivity index (χ4n) is 3.80. The minimum absolute atomic E-state index is 0.0376. The molecule has 2 aromatic heterocycles. The van der Waals surface area contributed by atoms with E-state index in [0.29, 0.717) is 13.0 Å². The zero-order valence-electron chi connectivity index (χ0n) is 18.0. The van der Waals surface area contributed by atoms with E-state index >= 15 is 0 Å². The van der Waals surface area contributed by atoms with Gasteiger partial charge < -0.3 is 15.4 Å². The third-order valence-corrected chi connectivity index (χ3v) is 5.45. The largest absolute Gasteiger partial charge is 0.379 e. The first-order valence-electron chi connectivity index (χ1n) is 11.0. The molecule has 0 aliphatic carbocycles. The van der Waals surface area contributed by atoms with Gasteiger partial charge in [-0.25, -0.2) is 0 Å². The quantitative estimate of drug-likeness (QED) is 0.550. The number of amides is 1. The van der Waals surface area contributed by atoms with Crippen molar-refractivity contribution in [3.8, 4) is 5.82 Å². The summed E-state index contributed by atoms with van der Waals surface area (Å²) < 4.78 is 7.38. The van der Waals surface area contributed by atoms with Crippen LogP contribution in [0.25, 0.3) is 16.7 Å². The summed E-state index contributed by atoms with van der Waals surface area (Å²) >= 11 is 0. The highest BCUT2D eigenvalue weighted by atomic mass is 16.5. The maximum Gasteiger partial charge on any atom is 0.224 e. The molecule has 0 spiro atoms. The molecule has 0 radical (unpaired) electrons. The molecule has 8 heteroatoms. The number of morpholine rings is 1. The van der Waals surface area contributed by atoms with Gasteiger partial charge in [-0.3, -0.25) is 14.3 Å². The first-order chi connectivity index (χ1) is 15.2. The molecule has 2 N–H and O–H groups in total. The number of nitrogens with zero attached hydrogens (tertiary/aromatic N) is 4. The molecule has 0 saturated carbocycles. The van der Waals surface area contributed by atoms with Gasteiger partial charge in [0.05, 0.1) is 25.2 Å². The Morgan fingerprint density at radius 2 is 1.94 bits per heavy atom. The van der Waals surface area contributed by atoms with Gasteiger partial charge in [0.15, 0.2) is 5.82 Å². The van der Waals surface area contributed by atoms with Crippen LogP contribution in [-0.4, -0.2) is 71.5 Å². The van der Waals surface area contributed by atoms with Crippen LogP contribution in [0, 0.1) is 0 Å². The first-order valence-corrected chi connectivity index (χ1v) is 11.0. The van der Waals surface area contributed by atoms with Crippen LogP contribution < -0.4 is 10.6 Å². The molecular formula is C23H30N6O2. The summed E-state index contributed by atoms with van der Waals surface area (Å²) in [5.41, 5.74) is 2.00. The Hall–Kier alpha value is -2.97. The lowest BCUT2D eigenvalue weighted by Crippen LogP contribution is -2.39. The van der Waals surface area contributed by atoms with E-state index in [2.05, 4.69) is 25.7 Å². The van der Waals surface area contributed by atoms with Gasteiger partial charge in [0, 0.05) is 44.3 Å². The predicted octanol–water partition coefficient (Wildman–Crippen LogP) is 2.23. The van der Waals surface area contributed by atoms with Crippen LogP contribution in [-0.2, 0) is 16.0 Å². The molecule has 164 valence electrons. The number of hydrogen-bond acceptors (Lipinski definition) is 6. The van der Waals surface area contributed by atoms with Crippen LogP contribution in [0.3, 0.4) is 0 Å². The van der Waals surface area contributed by atoms with E-state index in [1.54, 1.807) is 0 Å². The summed E-state index contributed by atoms with van der Waals surface area (Å²) in [4.78, 5) is 14.6. The second-order valence-corrected chi connectivity index (χ2v) is 7.73. The van der Waals surface area contributed by atoms with Gasteiger partial charge in [0.1, 0.15) is 5.82 Å². The fourth-order valence-corrected chi connectivity index (χ4v) is 3.80. The lowest BCUT2D eigenvalue weighted by molar-refractivity contribution is -0.120. The van der Waals surface area contributed by atoms with E-state index in [1.165, 1.54) is 0 Å². The Labute approximate surface area is 182 Å². The second kappa shape index (κ2) is 10.4. The number of aromatic nitrogens is 3. The second-order valence-electron chi connectivity index (χ2n) is 7.73. The van der Waals surface area contributed by atoms with Crippen molar-refractivity contribution in [3.05, 3.63) is 48.2 Å². The van der Waals surface area contributed by atoms with E-state index in [4.69, 9.17) is 4.74 Å². The minimum atomic E-state index is 0.0376.